The minimum Gasteiger partial charge on any atom is -0.478 e. The Hall–Kier alpha value is -2.50. The Bertz CT molecular complexity index is 562. The van der Waals surface area contributed by atoms with Gasteiger partial charge in [0.25, 0.3) is 0 Å². The highest BCUT2D eigenvalue weighted by atomic mass is 16.4. The van der Waals surface area contributed by atoms with Crippen LogP contribution in [0.4, 0.5) is 17.2 Å². The van der Waals surface area contributed by atoms with E-state index in [1.54, 1.807) is 23.0 Å². The Kier molecular flexibility index (Phi) is 2.70. The molecule has 0 atom stereocenters. The number of nitrogen functional groups attached to an aromatic ring is 1. The van der Waals surface area contributed by atoms with E-state index in [1.165, 1.54) is 12.1 Å². The molecule has 0 bridgehead atoms. The fourth-order valence-electron chi connectivity index (χ4n) is 1.43. The number of nitrogens with zero attached hydrogens (tertiary/aromatic N) is 2. The smallest absolute Gasteiger partial charge is 0.335 e. The lowest BCUT2D eigenvalue weighted by molar-refractivity contribution is 0.0697. The van der Waals surface area contributed by atoms with Crippen LogP contribution in [0.2, 0.25) is 0 Å². The first-order valence-electron chi connectivity index (χ1n) is 4.96. The average Bonchev–Trinajstić information content (AvgIpc) is 2.67. The minimum atomic E-state index is -0.999. The number of aryl methyl sites for hydroxylation is 1. The summed E-state index contributed by atoms with van der Waals surface area (Å²) in [5, 5.41) is 15.9. The van der Waals surface area contributed by atoms with Gasteiger partial charge in [0.15, 0.2) is 5.82 Å². The molecule has 1 heterocycles. The number of rotatable bonds is 3. The summed E-state index contributed by atoms with van der Waals surface area (Å²) in [7, 11) is 1.81. The molecule has 2 rings (SSSR count). The molecule has 0 saturated heterocycles. The van der Waals surface area contributed by atoms with Gasteiger partial charge in [-0.25, -0.2) is 4.79 Å². The number of aromatic carboxylic acids is 1. The predicted molar refractivity (Wildman–Crippen MR) is 64.3 cm³/mol. The highest BCUT2D eigenvalue weighted by molar-refractivity contribution is 5.90. The van der Waals surface area contributed by atoms with Crippen molar-refractivity contribution in [1.82, 2.24) is 9.78 Å². The van der Waals surface area contributed by atoms with E-state index in [-0.39, 0.29) is 5.56 Å². The largest absolute Gasteiger partial charge is 0.478 e. The zero-order valence-electron chi connectivity index (χ0n) is 9.21. The lowest BCUT2D eigenvalue weighted by atomic mass is 10.2. The molecule has 0 saturated carbocycles. The van der Waals surface area contributed by atoms with E-state index in [4.69, 9.17) is 10.8 Å². The van der Waals surface area contributed by atoms with Gasteiger partial charge in [-0.1, -0.05) is 0 Å². The topological polar surface area (TPSA) is 93.2 Å². The van der Waals surface area contributed by atoms with Gasteiger partial charge in [-0.3, -0.25) is 4.68 Å². The van der Waals surface area contributed by atoms with E-state index in [0.717, 1.165) is 0 Å². The molecule has 0 unspecified atom stereocenters. The fourth-order valence-corrected chi connectivity index (χ4v) is 1.43. The first kappa shape index (κ1) is 11.0. The summed E-state index contributed by atoms with van der Waals surface area (Å²) in [5.41, 5.74) is 6.92. The normalized spacial score (nSPS) is 10.2. The first-order valence-corrected chi connectivity index (χ1v) is 4.96. The van der Waals surface area contributed by atoms with E-state index in [2.05, 4.69) is 10.4 Å². The molecule has 0 aliphatic heterocycles. The van der Waals surface area contributed by atoms with Gasteiger partial charge in [0, 0.05) is 19.3 Å². The molecule has 17 heavy (non-hydrogen) atoms. The highest BCUT2D eigenvalue weighted by Crippen LogP contribution is 2.23. The van der Waals surface area contributed by atoms with Crippen molar-refractivity contribution in [3.63, 3.8) is 0 Å². The molecule has 1 aromatic heterocycles. The third-order valence-electron chi connectivity index (χ3n) is 2.27. The number of nitrogens with two attached hydrogens (primary N) is 1. The van der Waals surface area contributed by atoms with Gasteiger partial charge >= 0.3 is 5.97 Å². The summed E-state index contributed by atoms with van der Waals surface area (Å²) in [5.74, 6) is -0.344. The van der Waals surface area contributed by atoms with Crippen LogP contribution < -0.4 is 11.1 Å². The monoisotopic (exact) mass is 232 g/mol. The lowest BCUT2D eigenvalue weighted by Gasteiger charge is -2.07. The van der Waals surface area contributed by atoms with Crippen molar-refractivity contribution >= 4 is 23.2 Å². The van der Waals surface area contributed by atoms with Crippen LogP contribution in [-0.2, 0) is 7.05 Å². The number of benzene rings is 1. The number of aromatic nitrogens is 2. The zero-order chi connectivity index (χ0) is 12.4. The van der Waals surface area contributed by atoms with Crippen LogP contribution in [0.1, 0.15) is 10.4 Å². The quantitative estimate of drug-likeness (QED) is 0.696. The number of carboxylic acids is 1. The van der Waals surface area contributed by atoms with Crippen LogP contribution in [0.25, 0.3) is 0 Å². The second-order valence-electron chi connectivity index (χ2n) is 3.61. The van der Waals surface area contributed by atoms with Gasteiger partial charge in [-0.2, -0.15) is 5.10 Å². The molecule has 0 aliphatic rings. The van der Waals surface area contributed by atoms with Gasteiger partial charge in [0.1, 0.15) is 0 Å². The Labute approximate surface area is 97.7 Å². The van der Waals surface area contributed by atoms with Crippen LogP contribution in [0.3, 0.4) is 0 Å². The molecule has 6 nitrogen and oxygen atoms in total. The van der Waals surface area contributed by atoms with E-state index < -0.39 is 5.97 Å². The van der Waals surface area contributed by atoms with Crippen molar-refractivity contribution in [2.45, 2.75) is 0 Å². The van der Waals surface area contributed by atoms with Crippen LogP contribution in [-0.4, -0.2) is 20.9 Å². The maximum Gasteiger partial charge on any atom is 0.335 e. The van der Waals surface area contributed by atoms with E-state index in [1.807, 2.05) is 7.05 Å². The van der Waals surface area contributed by atoms with Gasteiger partial charge in [-0.05, 0) is 18.2 Å². The van der Waals surface area contributed by atoms with Gasteiger partial charge in [0.05, 0.1) is 16.9 Å². The Morgan fingerprint density at radius 1 is 1.47 bits per heavy atom. The number of anilines is 3. The van der Waals surface area contributed by atoms with Crippen molar-refractivity contribution in [2.75, 3.05) is 11.1 Å². The molecule has 88 valence electrons. The molecule has 0 aliphatic carbocycles. The predicted octanol–water partition coefficient (Wildman–Crippen LogP) is 1.44. The number of carboxylic acid groups (broad SMARTS) is 1. The molecule has 2 aromatic rings. The molecule has 0 fully saturated rings. The van der Waals surface area contributed by atoms with E-state index in [0.29, 0.717) is 17.2 Å². The molecular formula is C11H12N4O2. The number of hydrogen-bond donors (Lipinski definition) is 3. The van der Waals surface area contributed by atoms with Crippen LogP contribution >= 0.6 is 0 Å². The lowest BCUT2D eigenvalue weighted by Crippen LogP contribution is -2.01. The van der Waals surface area contributed by atoms with E-state index in [9.17, 15) is 4.79 Å². The summed E-state index contributed by atoms with van der Waals surface area (Å²) < 4.78 is 1.66. The summed E-state index contributed by atoms with van der Waals surface area (Å²) in [6.45, 7) is 0. The van der Waals surface area contributed by atoms with Crippen LogP contribution in [0.15, 0.2) is 30.5 Å². The fraction of sp³-hybridized carbons (Fsp3) is 0.0909. The number of hydrogen-bond acceptors (Lipinski definition) is 4. The highest BCUT2D eigenvalue weighted by Gasteiger charge is 2.07. The third-order valence-corrected chi connectivity index (χ3v) is 2.27. The van der Waals surface area contributed by atoms with Gasteiger partial charge in [-0.15, -0.1) is 0 Å². The van der Waals surface area contributed by atoms with Crippen LogP contribution in [0, 0.1) is 0 Å². The summed E-state index contributed by atoms with van der Waals surface area (Å²) in [6.07, 6.45) is 1.80. The molecule has 1 aromatic carbocycles. The SMILES string of the molecule is Cn1ccc(Nc2ccc(C(=O)O)cc2N)n1. The molecule has 6 heteroatoms. The van der Waals surface area contributed by atoms with Gasteiger partial charge < -0.3 is 16.2 Å². The Morgan fingerprint density at radius 2 is 2.24 bits per heavy atom. The maximum absolute atomic E-state index is 10.7. The third kappa shape index (κ3) is 2.36. The number of nitrogens with one attached hydrogen (secondary N) is 1. The average molecular weight is 232 g/mol. The standard InChI is InChI=1S/C11H12N4O2/c1-15-5-4-10(14-15)13-9-3-2-7(11(16)17)6-8(9)12/h2-6H,12H2,1H3,(H,13,14)(H,16,17). The van der Waals surface area contributed by atoms with Crippen molar-refractivity contribution in [1.29, 1.82) is 0 Å². The van der Waals surface area contributed by atoms with E-state index >= 15 is 0 Å². The summed E-state index contributed by atoms with van der Waals surface area (Å²) in [4.78, 5) is 10.7. The molecule has 0 amide bonds. The van der Waals surface area contributed by atoms with Crippen molar-refractivity contribution in [3.8, 4) is 0 Å². The second kappa shape index (κ2) is 4.17. The van der Waals surface area contributed by atoms with Crippen molar-refractivity contribution in [2.24, 2.45) is 7.05 Å². The first-order chi connectivity index (χ1) is 8.06. The number of carbonyl (C=O) groups is 1. The van der Waals surface area contributed by atoms with Gasteiger partial charge in [0.2, 0.25) is 0 Å². The minimum absolute atomic E-state index is 0.161. The molecule has 0 spiro atoms. The molecule has 0 radical (unpaired) electrons. The molecule has 4 N–H and O–H groups in total. The van der Waals surface area contributed by atoms with Crippen molar-refractivity contribution in [3.05, 3.63) is 36.0 Å². The van der Waals surface area contributed by atoms with Crippen LogP contribution in [0.5, 0.6) is 0 Å². The summed E-state index contributed by atoms with van der Waals surface area (Å²) in [6, 6.07) is 6.32. The summed E-state index contributed by atoms with van der Waals surface area (Å²) >= 11 is 0. The maximum atomic E-state index is 10.7. The Balaban J connectivity index is 2.25. The molecular weight excluding hydrogens is 220 g/mol. The Morgan fingerprint density at radius 3 is 2.76 bits per heavy atom. The second-order valence-corrected chi connectivity index (χ2v) is 3.61. The zero-order valence-corrected chi connectivity index (χ0v) is 9.21. The van der Waals surface area contributed by atoms with Crippen molar-refractivity contribution < 1.29 is 9.90 Å².